The van der Waals surface area contributed by atoms with Crippen molar-refractivity contribution in [1.29, 1.82) is 0 Å². The average Bonchev–Trinajstić information content (AvgIpc) is 3.37. The van der Waals surface area contributed by atoms with Crippen LogP contribution in [-0.2, 0) is 4.79 Å². The Bertz CT molecular complexity index is 850. The molecule has 2 aliphatic rings. The number of nitrogens with zero attached hydrogens (tertiary/aromatic N) is 2. The van der Waals surface area contributed by atoms with Crippen LogP contribution in [-0.4, -0.2) is 33.8 Å². The number of ether oxygens (including phenoxy) is 2. The molecule has 27 heavy (non-hydrogen) atoms. The van der Waals surface area contributed by atoms with Crippen LogP contribution in [0.25, 0.3) is 11.3 Å². The van der Waals surface area contributed by atoms with Gasteiger partial charge in [0.05, 0.1) is 30.6 Å². The molecule has 1 aromatic carbocycles. The van der Waals surface area contributed by atoms with Gasteiger partial charge < -0.3 is 14.6 Å². The number of carboxylic acids is 1. The van der Waals surface area contributed by atoms with Gasteiger partial charge in [-0.05, 0) is 37.8 Å². The predicted molar refractivity (Wildman–Crippen MR) is 90.4 cm³/mol. The Balaban J connectivity index is 1.48. The SMILES string of the molecule is O=C(O)C1CC1COc1c(F)cc(-c2cncc(OC3CCC3)n2)cc1F. The maximum absolute atomic E-state index is 14.3. The van der Waals surface area contributed by atoms with Crippen LogP contribution in [0, 0.1) is 23.5 Å². The van der Waals surface area contributed by atoms with E-state index in [-0.39, 0.29) is 24.2 Å². The highest BCUT2D eigenvalue weighted by Crippen LogP contribution is 2.39. The fourth-order valence-corrected chi connectivity index (χ4v) is 2.97. The molecule has 1 aromatic heterocycles. The van der Waals surface area contributed by atoms with Crippen molar-refractivity contribution in [2.75, 3.05) is 6.61 Å². The van der Waals surface area contributed by atoms with Gasteiger partial charge in [-0.3, -0.25) is 9.78 Å². The summed E-state index contributed by atoms with van der Waals surface area (Å²) in [6, 6.07) is 2.24. The fourth-order valence-electron chi connectivity index (χ4n) is 2.97. The lowest BCUT2D eigenvalue weighted by atomic mass is 9.96. The molecule has 2 atom stereocenters. The molecule has 0 radical (unpaired) electrons. The number of carbonyl (C=O) groups is 1. The zero-order chi connectivity index (χ0) is 19.0. The first-order valence-corrected chi connectivity index (χ1v) is 8.85. The highest BCUT2D eigenvalue weighted by Gasteiger charge is 2.43. The third-order valence-electron chi connectivity index (χ3n) is 4.93. The largest absolute Gasteiger partial charge is 0.487 e. The molecule has 0 aliphatic heterocycles. The fraction of sp³-hybridized carbons (Fsp3) is 0.421. The zero-order valence-corrected chi connectivity index (χ0v) is 14.4. The number of aliphatic carboxylic acids is 1. The molecule has 142 valence electrons. The Morgan fingerprint density at radius 3 is 2.56 bits per heavy atom. The lowest BCUT2D eigenvalue weighted by Gasteiger charge is -2.25. The van der Waals surface area contributed by atoms with Crippen molar-refractivity contribution in [2.24, 2.45) is 11.8 Å². The summed E-state index contributed by atoms with van der Waals surface area (Å²) in [5, 5.41) is 8.86. The molecule has 6 nitrogen and oxygen atoms in total. The predicted octanol–water partition coefficient (Wildman–Crippen LogP) is 3.45. The summed E-state index contributed by atoms with van der Waals surface area (Å²) < 4.78 is 39.5. The van der Waals surface area contributed by atoms with E-state index in [4.69, 9.17) is 14.6 Å². The normalized spacial score (nSPS) is 21.4. The van der Waals surface area contributed by atoms with E-state index in [1.54, 1.807) is 0 Å². The van der Waals surface area contributed by atoms with Crippen molar-refractivity contribution in [2.45, 2.75) is 31.8 Å². The minimum atomic E-state index is -0.914. The summed E-state index contributed by atoms with van der Waals surface area (Å²) in [4.78, 5) is 19.1. The van der Waals surface area contributed by atoms with Gasteiger partial charge in [0.1, 0.15) is 6.10 Å². The van der Waals surface area contributed by atoms with Crippen molar-refractivity contribution in [3.63, 3.8) is 0 Å². The molecule has 0 bridgehead atoms. The summed E-state index contributed by atoms with van der Waals surface area (Å²) in [6.07, 6.45) is 6.50. The lowest BCUT2D eigenvalue weighted by molar-refractivity contribution is -0.138. The number of rotatable bonds is 7. The summed E-state index contributed by atoms with van der Waals surface area (Å²) in [7, 11) is 0. The highest BCUT2D eigenvalue weighted by molar-refractivity contribution is 5.73. The average molecular weight is 376 g/mol. The van der Waals surface area contributed by atoms with Crippen LogP contribution in [0.1, 0.15) is 25.7 Å². The van der Waals surface area contributed by atoms with Crippen LogP contribution < -0.4 is 9.47 Å². The molecular weight excluding hydrogens is 358 g/mol. The zero-order valence-electron chi connectivity index (χ0n) is 14.4. The summed E-state index contributed by atoms with van der Waals surface area (Å²) in [5.74, 6) is -3.55. The number of halogens is 2. The van der Waals surface area contributed by atoms with Crippen LogP contribution in [0.3, 0.4) is 0 Å². The first-order valence-electron chi connectivity index (χ1n) is 8.85. The molecule has 0 saturated heterocycles. The minimum absolute atomic E-state index is 0.0331. The van der Waals surface area contributed by atoms with E-state index < -0.39 is 29.3 Å². The molecule has 8 heteroatoms. The minimum Gasteiger partial charge on any atom is -0.487 e. The van der Waals surface area contributed by atoms with E-state index in [9.17, 15) is 13.6 Å². The molecule has 2 aromatic rings. The number of hydrogen-bond acceptors (Lipinski definition) is 5. The Labute approximate surface area is 154 Å². The lowest BCUT2D eigenvalue weighted by Crippen LogP contribution is -2.25. The van der Waals surface area contributed by atoms with E-state index in [0.29, 0.717) is 18.0 Å². The van der Waals surface area contributed by atoms with Crippen LogP contribution in [0.2, 0.25) is 0 Å². The van der Waals surface area contributed by atoms with Gasteiger partial charge in [0.2, 0.25) is 5.88 Å². The summed E-state index contributed by atoms with van der Waals surface area (Å²) in [6.45, 7) is -0.0331. The molecule has 1 heterocycles. The van der Waals surface area contributed by atoms with Crippen LogP contribution in [0.15, 0.2) is 24.5 Å². The standard InChI is InChI=1S/C19H18F2N2O4/c20-14-5-10(16-7-22-8-17(23-16)27-12-2-1-3-12)6-15(21)18(14)26-9-11-4-13(11)19(24)25/h5-8,11-13H,1-4,9H2,(H,24,25). The number of benzene rings is 1. The van der Waals surface area contributed by atoms with Crippen LogP contribution in [0.5, 0.6) is 11.6 Å². The van der Waals surface area contributed by atoms with Crippen molar-refractivity contribution in [3.05, 3.63) is 36.2 Å². The third kappa shape index (κ3) is 3.84. The molecule has 4 rings (SSSR count). The molecular formula is C19H18F2N2O4. The first kappa shape index (κ1) is 17.6. The van der Waals surface area contributed by atoms with E-state index in [1.807, 2.05) is 0 Å². The van der Waals surface area contributed by atoms with Crippen LogP contribution >= 0.6 is 0 Å². The van der Waals surface area contributed by atoms with Gasteiger partial charge in [0, 0.05) is 11.5 Å². The number of carboxylic acid groups (broad SMARTS) is 1. The van der Waals surface area contributed by atoms with E-state index >= 15 is 0 Å². The van der Waals surface area contributed by atoms with Crippen molar-refractivity contribution >= 4 is 5.97 Å². The number of aromatic nitrogens is 2. The number of hydrogen-bond donors (Lipinski definition) is 1. The molecule has 2 saturated carbocycles. The van der Waals surface area contributed by atoms with E-state index in [1.165, 1.54) is 12.4 Å². The Kier molecular flexibility index (Phi) is 4.63. The quantitative estimate of drug-likeness (QED) is 0.797. The van der Waals surface area contributed by atoms with Gasteiger partial charge in [0.15, 0.2) is 17.4 Å². The molecule has 0 spiro atoms. The van der Waals surface area contributed by atoms with E-state index in [0.717, 1.165) is 31.4 Å². The maximum atomic E-state index is 14.3. The second kappa shape index (κ2) is 7.09. The van der Waals surface area contributed by atoms with Gasteiger partial charge >= 0.3 is 5.97 Å². The molecule has 2 fully saturated rings. The second-order valence-electron chi connectivity index (χ2n) is 6.93. The van der Waals surface area contributed by atoms with Crippen molar-refractivity contribution in [3.8, 4) is 22.9 Å². The Morgan fingerprint density at radius 1 is 1.22 bits per heavy atom. The first-order chi connectivity index (χ1) is 13.0. The van der Waals surface area contributed by atoms with E-state index in [2.05, 4.69) is 9.97 Å². The van der Waals surface area contributed by atoms with Gasteiger partial charge in [-0.15, -0.1) is 0 Å². The van der Waals surface area contributed by atoms with Crippen molar-refractivity contribution < 1.29 is 28.2 Å². The van der Waals surface area contributed by atoms with Gasteiger partial charge in [-0.1, -0.05) is 0 Å². The van der Waals surface area contributed by atoms with Crippen LogP contribution in [0.4, 0.5) is 8.78 Å². The summed E-state index contributed by atoms with van der Waals surface area (Å²) in [5.41, 5.74) is 0.517. The molecule has 2 unspecified atom stereocenters. The van der Waals surface area contributed by atoms with Gasteiger partial charge in [0.25, 0.3) is 0 Å². The molecule has 2 aliphatic carbocycles. The maximum Gasteiger partial charge on any atom is 0.306 e. The summed E-state index contributed by atoms with van der Waals surface area (Å²) >= 11 is 0. The third-order valence-corrected chi connectivity index (χ3v) is 4.93. The van der Waals surface area contributed by atoms with Crippen molar-refractivity contribution in [1.82, 2.24) is 9.97 Å². The molecule has 0 amide bonds. The van der Waals surface area contributed by atoms with Gasteiger partial charge in [-0.2, -0.15) is 0 Å². The topological polar surface area (TPSA) is 81.5 Å². The monoisotopic (exact) mass is 376 g/mol. The van der Waals surface area contributed by atoms with Gasteiger partial charge in [-0.25, -0.2) is 13.8 Å². The smallest absolute Gasteiger partial charge is 0.306 e. The Hall–Kier alpha value is -2.77. The molecule has 1 N–H and O–H groups in total. The Morgan fingerprint density at radius 2 is 1.96 bits per heavy atom. The highest BCUT2D eigenvalue weighted by atomic mass is 19.1. The second-order valence-corrected chi connectivity index (χ2v) is 6.93.